The van der Waals surface area contributed by atoms with Gasteiger partial charge in [0, 0.05) is 16.6 Å². The third-order valence-electron chi connectivity index (χ3n) is 2.69. The van der Waals surface area contributed by atoms with Crippen LogP contribution in [-0.2, 0) is 5.41 Å². The second-order valence-electron chi connectivity index (χ2n) is 5.00. The van der Waals surface area contributed by atoms with Gasteiger partial charge in [0.05, 0.1) is 0 Å². The van der Waals surface area contributed by atoms with E-state index >= 15 is 0 Å². The first kappa shape index (κ1) is 11.2. The quantitative estimate of drug-likeness (QED) is 0.754. The number of benzene rings is 1. The molecule has 0 aliphatic rings. The summed E-state index contributed by atoms with van der Waals surface area (Å²) in [5.74, 6) is 0.555. The van der Waals surface area contributed by atoms with Gasteiger partial charge in [0.15, 0.2) is 0 Å². The lowest BCUT2D eigenvalue weighted by Gasteiger charge is -2.21. The molecule has 0 bridgehead atoms. The molecule has 2 aromatic rings. The molecule has 0 spiro atoms. The molecule has 0 atom stereocenters. The van der Waals surface area contributed by atoms with E-state index < -0.39 is 0 Å². The molecule has 1 aromatic heterocycles. The van der Waals surface area contributed by atoms with Crippen LogP contribution in [0, 0.1) is 0 Å². The topological polar surface area (TPSA) is 38.9 Å². The van der Waals surface area contributed by atoms with Gasteiger partial charge in [-0.05, 0) is 34.6 Å². The standard InChI is InChI=1S/C13H15ClN2/c1-13(2,3)11-7-16-12(15)9-5-4-8(14)6-10(9)11/h4-7H,1-3H3,(H2,15,16). The number of pyridine rings is 1. The van der Waals surface area contributed by atoms with Crippen molar-refractivity contribution in [3.05, 3.63) is 35.0 Å². The maximum Gasteiger partial charge on any atom is 0.131 e. The van der Waals surface area contributed by atoms with Gasteiger partial charge in [-0.3, -0.25) is 0 Å². The monoisotopic (exact) mass is 234 g/mol. The minimum Gasteiger partial charge on any atom is -0.383 e. The van der Waals surface area contributed by atoms with Crippen molar-refractivity contribution < 1.29 is 0 Å². The van der Waals surface area contributed by atoms with Crippen molar-refractivity contribution in [3.8, 4) is 0 Å². The number of rotatable bonds is 0. The molecule has 3 heteroatoms. The van der Waals surface area contributed by atoms with Crippen molar-refractivity contribution in [1.82, 2.24) is 4.98 Å². The first-order valence-corrected chi connectivity index (χ1v) is 5.61. The molecular formula is C13H15ClN2. The number of aromatic nitrogens is 1. The summed E-state index contributed by atoms with van der Waals surface area (Å²) in [4.78, 5) is 4.24. The highest BCUT2D eigenvalue weighted by atomic mass is 35.5. The zero-order chi connectivity index (χ0) is 11.9. The van der Waals surface area contributed by atoms with Crippen LogP contribution in [0.5, 0.6) is 0 Å². The number of nitrogens with zero attached hydrogens (tertiary/aromatic N) is 1. The molecule has 0 saturated heterocycles. The number of nitrogens with two attached hydrogens (primary N) is 1. The molecular weight excluding hydrogens is 220 g/mol. The number of anilines is 1. The number of nitrogen functional groups attached to an aromatic ring is 1. The van der Waals surface area contributed by atoms with Crippen LogP contribution in [0.1, 0.15) is 26.3 Å². The average Bonchev–Trinajstić information content (AvgIpc) is 2.15. The number of hydrogen-bond donors (Lipinski definition) is 1. The summed E-state index contributed by atoms with van der Waals surface area (Å²) in [6.07, 6.45) is 1.84. The molecule has 2 N–H and O–H groups in total. The Bertz CT molecular complexity index is 541. The Morgan fingerprint density at radius 1 is 1.19 bits per heavy atom. The fourth-order valence-corrected chi connectivity index (χ4v) is 2.01. The van der Waals surface area contributed by atoms with Gasteiger partial charge >= 0.3 is 0 Å². The van der Waals surface area contributed by atoms with Crippen LogP contribution in [-0.4, -0.2) is 4.98 Å². The van der Waals surface area contributed by atoms with Gasteiger partial charge in [0.25, 0.3) is 0 Å². The Morgan fingerprint density at radius 2 is 1.88 bits per heavy atom. The highest BCUT2D eigenvalue weighted by molar-refractivity contribution is 6.31. The minimum absolute atomic E-state index is 0.0314. The third kappa shape index (κ3) is 1.85. The lowest BCUT2D eigenvalue weighted by atomic mass is 9.85. The number of hydrogen-bond acceptors (Lipinski definition) is 2. The Morgan fingerprint density at radius 3 is 2.50 bits per heavy atom. The van der Waals surface area contributed by atoms with Gasteiger partial charge in [-0.1, -0.05) is 32.4 Å². The second kappa shape index (κ2) is 3.63. The van der Waals surface area contributed by atoms with Crippen molar-refractivity contribution >= 4 is 28.2 Å². The summed E-state index contributed by atoms with van der Waals surface area (Å²) < 4.78 is 0. The van der Waals surface area contributed by atoms with Crippen molar-refractivity contribution in [2.75, 3.05) is 5.73 Å². The van der Waals surface area contributed by atoms with Crippen LogP contribution in [0.2, 0.25) is 5.02 Å². The van der Waals surface area contributed by atoms with Crippen molar-refractivity contribution in [2.24, 2.45) is 0 Å². The molecule has 2 nitrogen and oxygen atoms in total. The van der Waals surface area contributed by atoms with E-state index in [9.17, 15) is 0 Å². The lowest BCUT2D eigenvalue weighted by Crippen LogP contribution is -2.12. The molecule has 0 aliphatic heterocycles. The molecule has 16 heavy (non-hydrogen) atoms. The summed E-state index contributed by atoms with van der Waals surface area (Å²) in [7, 11) is 0. The Kier molecular flexibility index (Phi) is 2.55. The molecule has 2 rings (SSSR count). The maximum atomic E-state index is 6.03. The van der Waals surface area contributed by atoms with Crippen LogP contribution in [0.4, 0.5) is 5.82 Å². The van der Waals surface area contributed by atoms with Gasteiger partial charge in [-0.15, -0.1) is 0 Å². The predicted molar refractivity (Wildman–Crippen MR) is 69.9 cm³/mol. The minimum atomic E-state index is 0.0314. The molecule has 0 aliphatic carbocycles. The second-order valence-corrected chi connectivity index (χ2v) is 5.43. The third-order valence-corrected chi connectivity index (χ3v) is 2.92. The zero-order valence-corrected chi connectivity index (χ0v) is 10.5. The van der Waals surface area contributed by atoms with Crippen LogP contribution >= 0.6 is 11.6 Å². The maximum absolute atomic E-state index is 6.03. The van der Waals surface area contributed by atoms with E-state index in [1.165, 1.54) is 5.56 Å². The Hall–Kier alpha value is -1.28. The molecule has 0 unspecified atom stereocenters. The molecule has 0 saturated carbocycles. The largest absolute Gasteiger partial charge is 0.383 e. The van der Waals surface area contributed by atoms with Crippen LogP contribution in [0.3, 0.4) is 0 Å². The van der Waals surface area contributed by atoms with Gasteiger partial charge < -0.3 is 5.73 Å². The summed E-state index contributed by atoms with van der Waals surface area (Å²) in [6.45, 7) is 6.46. The van der Waals surface area contributed by atoms with Crippen LogP contribution in [0.15, 0.2) is 24.4 Å². The Balaban J connectivity index is 2.86. The number of fused-ring (bicyclic) bond motifs is 1. The molecule has 0 radical (unpaired) electrons. The molecule has 1 heterocycles. The highest BCUT2D eigenvalue weighted by Gasteiger charge is 2.18. The zero-order valence-electron chi connectivity index (χ0n) is 9.71. The van der Waals surface area contributed by atoms with Gasteiger partial charge in [0.2, 0.25) is 0 Å². The lowest BCUT2D eigenvalue weighted by molar-refractivity contribution is 0.593. The van der Waals surface area contributed by atoms with E-state index in [-0.39, 0.29) is 5.41 Å². The van der Waals surface area contributed by atoms with E-state index in [1.54, 1.807) is 0 Å². The van der Waals surface area contributed by atoms with Gasteiger partial charge in [-0.2, -0.15) is 0 Å². The molecule has 1 aromatic carbocycles. The fourth-order valence-electron chi connectivity index (χ4n) is 1.83. The van der Waals surface area contributed by atoms with Crippen molar-refractivity contribution in [2.45, 2.75) is 26.2 Å². The average molecular weight is 235 g/mol. The Labute approximate surface area is 100 Å². The van der Waals surface area contributed by atoms with E-state index in [0.717, 1.165) is 15.8 Å². The summed E-state index contributed by atoms with van der Waals surface area (Å²) >= 11 is 6.03. The normalized spacial score (nSPS) is 12.0. The summed E-state index contributed by atoms with van der Waals surface area (Å²) in [6, 6.07) is 5.72. The first-order valence-electron chi connectivity index (χ1n) is 5.24. The first-order chi connectivity index (χ1) is 7.39. The number of halogens is 1. The van der Waals surface area contributed by atoms with Gasteiger partial charge in [0.1, 0.15) is 5.82 Å². The fraction of sp³-hybridized carbons (Fsp3) is 0.308. The van der Waals surface area contributed by atoms with E-state index in [2.05, 4.69) is 25.8 Å². The molecule has 0 fully saturated rings. The smallest absolute Gasteiger partial charge is 0.131 e. The van der Waals surface area contributed by atoms with Crippen molar-refractivity contribution in [1.29, 1.82) is 0 Å². The van der Waals surface area contributed by atoms with E-state index in [1.807, 2.05) is 24.4 Å². The van der Waals surface area contributed by atoms with E-state index in [4.69, 9.17) is 17.3 Å². The highest BCUT2D eigenvalue weighted by Crippen LogP contribution is 2.32. The van der Waals surface area contributed by atoms with Crippen molar-refractivity contribution in [3.63, 3.8) is 0 Å². The van der Waals surface area contributed by atoms with Gasteiger partial charge in [-0.25, -0.2) is 4.98 Å². The summed E-state index contributed by atoms with van der Waals surface area (Å²) in [5.41, 5.74) is 7.06. The SMILES string of the molecule is CC(C)(C)c1cnc(N)c2ccc(Cl)cc12. The molecule has 84 valence electrons. The van der Waals surface area contributed by atoms with E-state index in [0.29, 0.717) is 5.82 Å². The van der Waals surface area contributed by atoms with Crippen LogP contribution in [0.25, 0.3) is 10.8 Å². The van der Waals surface area contributed by atoms with Crippen LogP contribution < -0.4 is 5.73 Å². The summed E-state index contributed by atoms with van der Waals surface area (Å²) in [5, 5.41) is 2.79. The predicted octanol–water partition coefficient (Wildman–Crippen LogP) is 3.77. The molecule has 0 amide bonds.